The highest BCUT2D eigenvalue weighted by Crippen LogP contribution is 2.19. The van der Waals surface area contributed by atoms with Crippen LogP contribution < -0.4 is 5.48 Å². The number of nitrogens with one attached hydrogen (secondary N) is 1. The second kappa shape index (κ2) is 5.51. The number of rotatable bonds is 5. The molecule has 1 atom stereocenters. The average Bonchev–Trinajstić information content (AvgIpc) is 2.49. The van der Waals surface area contributed by atoms with E-state index in [1.54, 1.807) is 6.92 Å². The molecule has 1 unspecified atom stereocenters. The van der Waals surface area contributed by atoms with E-state index < -0.39 is 0 Å². The summed E-state index contributed by atoms with van der Waals surface area (Å²) in [7, 11) is 0. The molecule has 1 rings (SSSR count). The molecule has 1 aliphatic rings. The van der Waals surface area contributed by atoms with Gasteiger partial charge in [0.15, 0.2) is 0 Å². The Balaban J connectivity index is 1.88. The molecule has 1 aliphatic carbocycles. The van der Waals surface area contributed by atoms with E-state index in [1.807, 2.05) is 0 Å². The van der Waals surface area contributed by atoms with Gasteiger partial charge in [-0.15, -0.1) is 0 Å². The van der Waals surface area contributed by atoms with Gasteiger partial charge in [-0.3, -0.25) is 4.84 Å². The average molecular weight is 173 g/mol. The summed E-state index contributed by atoms with van der Waals surface area (Å²) < 4.78 is 0. The molecule has 72 valence electrons. The van der Waals surface area contributed by atoms with Crippen molar-refractivity contribution in [2.75, 3.05) is 6.54 Å². The van der Waals surface area contributed by atoms with Gasteiger partial charge in [-0.05, 0) is 26.2 Å². The Morgan fingerprint density at radius 2 is 2.17 bits per heavy atom. The maximum absolute atomic E-state index is 8.95. The molecular weight excluding hydrogens is 154 g/mol. The summed E-state index contributed by atoms with van der Waals surface area (Å²) in [5.74, 6) is 0. The fraction of sp³-hybridized carbons (Fsp3) is 1.00. The molecule has 0 bridgehead atoms. The van der Waals surface area contributed by atoms with Crippen LogP contribution in [0.5, 0.6) is 0 Å². The van der Waals surface area contributed by atoms with Gasteiger partial charge in [0.1, 0.15) is 0 Å². The smallest absolute Gasteiger partial charge is 0.0790 e. The van der Waals surface area contributed by atoms with E-state index in [4.69, 9.17) is 9.94 Å². The minimum Gasteiger partial charge on any atom is -0.393 e. The normalized spacial score (nSPS) is 21.5. The van der Waals surface area contributed by atoms with E-state index in [0.717, 1.165) is 13.0 Å². The van der Waals surface area contributed by atoms with Gasteiger partial charge in [-0.1, -0.05) is 12.8 Å². The van der Waals surface area contributed by atoms with Gasteiger partial charge in [-0.2, -0.15) is 0 Å². The van der Waals surface area contributed by atoms with Gasteiger partial charge in [0.05, 0.1) is 12.2 Å². The molecule has 0 aromatic rings. The summed E-state index contributed by atoms with van der Waals surface area (Å²) in [5.41, 5.74) is 2.90. The first-order valence-corrected chi connectivity index (χ1v) is 4.85. The summed E-state index contributed by atoms with van der Waals surface area (Å²) in [6, 6.07) is 0. The Morgan fingerprint density at radius 1 is 1.50 bits per heavy atom. The molecule has 1 saturated carbocycles. The Bertz CT molecular complexity index is 111. The van der Waals surface area contributed by atoms with Crippen molar-refractivity contribution in [3.8, 4) is 0 Å². The van der Waals surface area contributed by atoms with Crippen molar-refractivity contribution in [2.45, 2.75) is 51.2 Å². The highest BCUT2D eigenvalue weighted by atomic mass is 16.7. The number of hydrogen-bond donors (Lipinski definition) is 2. The summed E-state index contributed by atoms with van der Waals surface area (Å²) in [4.78, 5) is 5.39. The fourth-order valence-corrected chi connectivity index (χ4v) is 1.45. The molecule has 0 amide bonds. The van der Waals surface area contributed by atoms with E-state index in [0.29, 0.717) is 6.10 Å². The third-order valence-electron chi connectivity index (χ3n) is 2.22. The number of hydrogen-bond acceptors (Lipinski definition) is 3. The molecule has 1 fully saturated rings. The zero-order valence-corrected chi connectivity index (χ0v) is 7.75. The molecule has 0 heterocycles. The van der Waals surface area contributed by atoms with Crippen molar-refractivity contribution in [3.05, 3.63) is 0 Å². The second-order valence-corrected chi connectivity index (χ2v) is 3.56. The van der Waals surface area contributed by atoms with Crippen LogP contribution in [0, 0.1) is 0 Å². The second-order valence-electron chi connectivity index (χ2n) is 3.56. The Labute approximate surface area is 74.1 Å². The first-order valence-electron chi connectivity index (χ1n) is 4.85. The lowest BCUT2D eigenvalue weighted by Crippen LogP contribution is -2.24. The van der Waals surface area contributed by atoms with Crippen LogP contribution in [0.1, 0.15) is 39.0 Å². The highest BCUT2D eigenvalue weighted by Gasteiger charge is 2.14. The van der Waals surface area contributed by atoms with E-state index in [-0.39, 0.29) is 6.10 Å². The standard InChI is InChI=1S/C9H19NO2/c1-8(11)6-7-10-12-9-4-2-3-5-9/h8-11H,2-7H2,1H3. The number of hydroxylamine groups is 1. The molecule has 2 N–H and O–H groups in total. The summed E-state index contributed by atoms with van der Waals surface area (Å²) >= 11 is 0. The lowest BCUT2D eigenvalue weighted by Gasteiger charge is -2.11. The molecule has 3 heteroatoms. The molecule has 3 nitrogen and oxygen atoms in total. The first kappa shape index (κ1) is 9.96. The third-order valence-corrected chi connectivity index (χ3v) is 2.22. The predicted octanol–water partition coefficient (Wildman–Crippen LogP) is 1.22. The van der Waals surface area contributed by atoms with Crippen LogP contribution in [0.15, 0.2) is 0 Å². The zero-order chi connectivity index (χ0) is 8.81. The molecule has 12 heavy (non-hydrogen) atoms. The summed E-state index contributed by atoms with van der Waals surface area (Å²) in [5, 5.41) is 8.95. The molecule has 0 aromatic heterocycles. The quantitative estimate of drug-likeness (QED) is 0.485. The lowest BCUT2D eigenvalue weighted by atomic mass is 10.3. The van der Waals surface area contributed by atoms with Gasteiger partial charge in [0.2, 0.25) is 0 Å². The number of aliphatic hydroxyl groups is 1. The van der Waals surface area contributed by atoms with Gasteiger partial charge in [0, 0.05) is 6.54 Å². The van der Waals surface area contributed by atoms with Crippen LogP contribution in [0.4, 0.5) is 0 Å². The topological polar surface area (TPSA) is 41.5 Å². The Kier molecular flexibility index (Phi) is 4.58. The molecule has 0 aliphatic heterocycles. The highest BCUT2D eigenvalue weighted by molar-refractivity contribution is 4.65. The van der Waals surface area contributed by atoms with Crippen molar-refractivity contribution in [1.29, 1.82) is 0 Å². The largest absolute Gasteiger partial charge is 0.393 e. The van der Waals surface area contributed by atoms with Crippen molar-refractivity contribution in [1.82, 2.24) is 5.48 Å². The van der Waals surface area contributed by atoms with E-state index in [9.17, 15) is 0 Å². The third kappa shape index (κ3) is 4.04. The van der Waals surface area contributed by atoms with Crippen LogP contribution in [0.2, 0.25) is 0 Å². The van der Waals surface area contributed by atoms with Crippen molar-refractivity contribution < 1.29 is 9.94 Å². The maximum Gasteiger partial charge on any atom is 0.0790 e. The van der Waals surface area contributed by atoms with Crippen LogP contribution in [-0.4, -0.2) is 23.9 Å². The Morgan fingerprint density at radius 3 is 2.75 bits per heavy atom. The Hall–Kier alpha value is -0.120. The lowest BCUT2D eigenvalue weighted by molar-refractivity contribution is -0.0247. The number of aliphatic hydroxyl groups excluding tert-OH is 1. The van der Waals surface area contributed by atoms with Gasteiger partial charge in [-0.25, -0.2) is 5.48 Å². The minimum absolute atomic E-state index is 0.232. The van der Waals surface area contributed by atoms with Crippen LogP contribution in [0.25, 0.3) is 0 Å². The molecule has 0 saturated heterocycles. The van der Waals surface area contributed by atoms with Gasteiger partial charge in [0.25, 0.3) is 0 Å². The fourth-order valence-electron chi connectivity index (χ4n) is 1.45. The van der Waals surface area contributed by atoms with E-state index >= 15 is 0 Å². The maximum atomic E-state index is 8.95. The van der Waals surface area contributed by atoms with Gasteiger partial charge < -0.3 is 5.11 Å². The van der Waals surface area contributed by atoms with Gasteiger partial charge >= 0.3 is 0 Å². The van der Waals surface area contributed by atoms with Crippen molar-refractivity contribution >= 4 is 0 Å². The minimum atomic E-state index is -0.232. The predicted molar refractivity (Wildman–Crippen MR) is 47.6 cm³/mol. The van der Waals surface area contributed by atoms with Crippen LogP contribution in [-0.2, 0) is 4.84 Å². The van der Waals surface area contributed by atoms with Crippen molar-refractivity contribution in [3.63, 3.8) is 0 Å². The molecule has 0 spiro atoms. The van der Waals surface area contributed by atoms with Crippen molar-refractivity contribution in [2.24, 2.45) is 0 Å². The van der Waals surface area contributed by atoms with E-state index in [1.165, 1.54) is 25.7 Å². The molecular formula is C9H19NO2. The molecule has 0 aromatic carbocycles. The zero-order valence-electron chi connectivity index (χ0n) is 7.75. The van der Waals surface area contributed by atoms with E-state index in [2.05, 4.69) is 5.48 Å². The van der Waals surface area contributed by atoms with Crippen LogP contribution in [0.3, 0.4) is 0 Å². The molecule has 0 radical (unpaired) electrons. The van der Waals surface area contributed by atoms with Crippen LogP contribution >= 0.6 is 0 Å². The monoisotopic (exact) mass is 173 g/mol. The summed E-state index contributed by atoms with van der Waals surface area (Å²) in [6.45, 7) is 2.53. The first-order chi connectivity index (χ1) is 5.79. The summed E-state index contributed by atoms with van der Waals surface area (Å²) in [6.07, 6.45) is 5.89. The SMILES string of the molecule is CC(O)CCNOC1CCCC1.